The van der Waals surface area contributed by atoms with E-state index in [1.54, 1.807) is 13.2 Å². The van der Waals surface area contributed by atoms with Gasteiger partial charge in [0, 0.05) is 26.2 Å². The topological polar surface area (TPSA) is 57.1 Å². The van der Waals surface area contributed by atoms with Crippen molar-refractivity contribution in [3.8, 4) is 11.5 Å². The first kappa shape index (κ1) is 17.4. The minimum Gasteiger partial charge on any atom is -0.504 e. The molecule has 2 rings (SSSR count). The SMILES string of the molecule is CCNC(=NCCc1ccc(O)c(OC)c1)N1CCCC(C)C1. The van der Waals surface area contributed by atoms with Gasteiger partial charge in [0.05, 0.1) is 7.11 Å². The van der Waals surface area contributed by atoms with Gasteiger partial charge in [0.1, 0.15) is 0 Å². The first-order chi connectivity index (χ1) is 11.1. The van der Waals surface area contributed by atoms with Gasteiger partial charge in [-0.2, -0.15) is 0 Å². The smallest absolute Gasteiger partial charge is 0.193 e. The molecule has 1 unspecified atom stereocenters. The van der Waals surface area contributed by atoms with Crippen LogP contribution in [0.25, 0.3) is 0 Å². The maximum Gasteiger partial charge on any atom is 0.193 e. The Kier molecular flexibility index (Phi) is 6.56. The fourth-order valence-electron chi connectivity index (χ4n) is 2.98. The van der Waals surface area contributed by atoms with Crippen LogP contribution in [0.3, 0.4) is 0 Å². The van der Waals surface area contributed by atoms with Gasteiger partial charge in [-0.05, 0) is 49.8 Å². The molecule has 1 fully saturated rings. The number of benzene rings is 1. The van der Waals surface area contributed by atoms with Crippen LogP contribution in [0.1, 0.15) is 32.3 Å². The minimum absolute atomic E-state index is 0.176. The molecular formula is C18H29N3O2. The molecule has 1 saturated heterocycles. The van der Waals surface area contributed by atoms with Crippen LogP contribution in [-0.2, 0) is 6.42 Å². The zero-order chi connectivity index (χ0) is 16.7. The predicted molar refractivity (Wildman–Crippen MR) is 94.3 cm³/mol. The molecule has 2 N–H and O–H groups in total. The van der Waals surface area contributed by atoms with E-state index in [0.29, 0.717) is 5.75 Å². The molecule has 0 aromatic heterocycles. The average Bonchev–Trinajstić information content (AvgIpc) is 2.55. The third-order valence-electron chi connectivity index (χ3n) is 4.20. The molecule has 0 bridgehead atoms. The third-order valence-corrected chi connectivity index (χ3v) is 4.20. The molecule has 1 aromatic carbocycles. The summed E-state index contributed by atoms with van der Waals surface area (Å²) in [4.78, 5) is 7.14. The molecule has 5 heteroatoms. The summed E-state index contributed by atoms with van der Waals surface area (Å²) in [5, 5.41) is 13.0. The van der Waals surface area contributed by atoms with Crippen LogP contribution >= 0.6 is 0 Å². The lowest BCUT2D eigenvalue weighted by Crippen LogP contribution is -2.46. The highest BCUT2D eigenvalue weighted by atomic mass is 16.5. The first-order valence-corrected chi connectivity index (χ1v) is 8.53. The van der Waals surface area contributed by atoms with Crippen LogP contribution in [-0.4, -0.2) is 49.3 Å². The van der Waals surface area contributed by atoms with Crippen LogP contribution in [0.15, 0.2) is 23.2 Å². The van der Waals surface area contributed by atoms with Crippen molar-refractivity contribution in [1.82, 2.24) is 10.2 Å². The fourth-order valence-corrected chi connectivity index (χ4v) is 2.98. The van der Waals surface area contributed by atoms with Crippen molar-refractivity contribution < 1.29 is 9.84 Å². The van der Waals surface area contributed by atoms with Crippen molar-refractivity contribution in [2.45, 2.75) is 33.1 Å². The Morgan fingerprint density at radius 2 is 2.30 bits per heavy atom. The number of hydrogen-bond acceptors (Lipinski definition) is 3. The molecule has 128 valence electrons. The molecule has 0 aliphatic carbocycles. The summed E-state index contributed by atoms with van der Waals surface area (Å²) < 4.78 is 5.15. The molecular weight excluding hydrogens is 290 g/mol. The Labute approximate surface area is 139 Å². The fraction of sp³-hybridized carbons (Fsp3) is 0.611. The van der Waals surface area contributed by atoms with Crippen molar-refractivity contribution in [2.75, 3.05) is 33.3 Å². The van der Waals surface area contributed by atoms with Gasteiger partial charge < -0.3 is 20.1 Å². The molecule has 1 aromatic rings. The number of phenols is 1. The largest absolute Gasteiger partial charge is 0.504 e. The Morgan fingerprint density at radius 3 is 3.00 bits per heavy atom. The summed E-state index contributed by atoms with van der Waals surface area (Å²) in [5.74, 6) is 2.44. The lowest BCUT2D eigenvalue weighted by molar-refractivity contribution is 0.266. The lowest BCUT2D eigenvalue weighted by atomic mass is 10.0. The summed E-state index contributed by atoms with van der Waals surface area (Å²) in [6, 6.07) is 5.47. The maximum absolute atomic E-state index is 9.64. The Bertz CT molecular complexity index is 531. The van der Waals surface area contributed by atoms with Crippen LogP contribution in [0.5, 0.6) is 11.5 Å². The number of piperidine rings is 1. The predicted octanol–water partition coefficient (Wildman–Crippen LogP) is 2.64. The van der Waals surface area contributed by atoms with Gasteiger partial charge in [-0.3, -0.25) is 4.99 Å². The van der Waals surface area contributed by atoms with Gasteiger partial charge in [0.15, 0.2) is 17.5 Å². The van der Waals surface area contributed by atoms with Crippen molar-refractivity contribution in [2.24, 2.45) is 10.9 Å². The molecule has 0 radical (unpaired) electrons. The van der Waals surface area contributed by atoms with Crippen molar-refractivity contribution in [1.29, 1.82) is 0 Å². The van der Waals surface area contributed by atoms with Crippen molar-refractivity contribution >= 4 is 5.96 Å². The maximum atomic E-state index is 9.64. The Hall–Kier alpha value is -1.91. The number of nitrogens with zero attached hydrogens (tertiary/aromatic N) is 2. The van der Waals surface area contributed by atoms with Crippen LogP contribution < -0.4 is 10.1 Å². The number of ether oxygens (including phenoxy) is 1. The molecule has 0 saturated carbocycles. The van der Waals surface area contributed by atoms with Gasteiger partial charge >= 0.3 is 0 Å². The van der Waals surface area contributed by atoms with E-state index in [4.69, 9.17) is 9.73 Å². The Balaban J connectivity index is 1.97. The summed E-state index contributed by atoms with van der Waals surface area (Å²) in [5.41, 5.74) is 1.12. The van der Waals surface area contributed by atoms with E-state index in [-0.39, 0.29) is 5.75 Å². The number of methoxy groups -OCH3 is 1. The molecule has 0 amide bonds. The first-order valence-electron chi connectivity index (χ1n) is 8.53. The average molecular weight is 319 g/mol. The van der Waals surface area contributed by atoms with Crippen LogP contribution in [0.4, 0.5) is 0 Å². The Morgan fingerprint density at radius 1 is 1.48 bits per heavy atom. The molecule has 1 heterocycles. The summed E-state index contributed by atoms with van der Waals surface area (Å²) in [7, 11) is 1.57. The highest BCUT2D eigenvalue weighted by Crippen LogP contribution is 2.26. The molecule has 1 aliphatic heterocycles. The number of rotatable bonds is 5. The van der Waals surface area contributed by atoms with E-state index in [2.05, 4.69) is 24.1 Å². The monoisotopic (exact) mass is 319 g/mol. The van der Waals surface area contributed by atoms with Crippen LogP contribution in [0, 0.1) is 5.92 Å². The number of aromatic hydroxyl groups is 1. The summed E-state index contributed by atoms with van der Waals surface area (Å²) in [6.07, 6.45) is 3.37. The number of aliphatic imine (C=N–C) groups is 1. The number of hydrogen-bond donors (Lipinski definition) is 2. The highest BCUT2D eigenvalue weighted by molar-refractivity contribution is 5.80. The van der Waals surface area contributed by atoms with E-state index in [0.717, 1.165) is 50.0 Å². The number of guanidine groups is 1. The summed E-state index contributed by atoms with van der Waals surface area (Å²) in [6.45, 7) is 8.19. The van der Waals surface area contributed by atoms with E-state index in [1.165, 1.54) is 12.8 Å². The number of nitrogens with one attached hydrogen (secondary N) is 1. The second kappa shape index (κ2) is 8.65. The van der Waals surface area contributed by atoms with E-state index in [9.17, 15) is 5.11 Å². The minimum atomic E-state index is 0.176. The molecule has 0 spiro atoms. The highest BCUT2D eigenvalue weighted by Gasteiger charge is 2.18. The number of likely N-dealkylation sites (tertiary alicyclic amines) is 1. The van der Waals surface area contributed by atoms with Crippen LogP contribution in [0.2, 0.25) is 0 Å². The van der Waals surface area contributed by atoms with Gasteiger partial charge in [0.2, 0.25) is 0 Å². The van der Waals surface area contributed by atoms with Gasteiger partial charge in [-0.1, -0.05) is 13.0 Å². The molecule has 5 nitrogen and oxygen atoms in total. The van der Waals surface area contributed by atoms with Gasteiger partial charge in [-0.15, -0.1) is 0 Å². The normalized spacial score (nSPS) is 18.8. The van der Waals surface area contributed by atoms with Gasteiger partial charge in [0.25, 0.3) is 0 Å². The van der Waals surface area contributed by atoms with E-state index >= 15 is 0 Å². The molecule has 1 aliphatic rings. The quantitative estimate of drug-likeness (QED) is 0.647. The van der Waals surface area contributed by atoms with Gasteiger partial charge in [-0.25, -0.2) is 0 Å². The molecule has 23 heavy (non-hydrogen) atoms. The molecule has 1 atom stereocenters. The zero-order valence-corrected chi connectivity index (χ0v) is 14.5. The van der Waals surface area contributed by atoms with E-state index < -0.39 is 0 Å². The van der Waals surface area contributed by atoms with Crippen molar-refractivity contribution in [3.63, 3.8) is 0 Å². The summed E-state index contributed by atoms with van der Waals surface area (Å²) >= 11 is 0. The zero-order valence-electron chi connectivity index (χ0n) is 14.5. The van der Waals surface area contributed by atoms with Crippen molar-refractivity contribution in [3.05, 3.63) is 23.8 Å². The lowest BCUT2D eigenvalue weighted by Gasteiger charge is -2.33. The standard InChI is InChI=1S/C18H29N3O2/c1-4-19-18(21-11-5-6-14(2)13-21)20-10-9-15-7-8-16(22)17(12-15)23-3/h7-8,12,14,22H,4-6,9-11,13H2,1-3H3,(H,19,20). The second-order valence-corrected chi connectivity index (χ2v) is 6.19. The second-order valence-electron chi connectivity index (χ2n) is 6.19. The third kappa shape index (κ3) is 5.05. The number of phenolic OH excluding ortho intramolecular Hbond substituents is 1. The van der Waals surface area contributed by atoms with E-state index in [1.807, 2.05) is 12.1 Å².